The normalized spacial score (nSPS) is 11.7. The lowest BCUT2D eigenvalue weighted by Crippen LogP contribution is -2.35. The molecule has 0 fully saturated rings. The molecule has 0 aromatic carbocycles. The highest BCUT2D eigenvalue weighted by Crippen LogP contribution is 2.22. The van der Waals surface area contributed by atoms with Crippen molar-refractivity contribution in [3.05, 3.63) is 23.8 Å². The zero-order chi connectivity index (χ0) is 19.4. The Labute approximate surface area is 147 Å². The first-order chi connectivity index (χ1) is 11.3. The highest BCUT2D eigenvalue weighted by molar-refractivity contribution is 5.87. The van der Waals surface area contributed by atoms with Crippen LogP contribution in [-0.2, 0) is 16.0 Å². The molecule has 25 heavy (non-hydrogen) atoms. The number of halogens is 1. The number of amides is 2. The number of carbonyl (C=O) groups excluding carboxylic acids is 2. The van der Waals surface area contributed by atoms with E-state index in [2.05, 4.69) is 10.3 Å². The van der Waals surface area contributed by atoms with Gasteiger partial charge in [0.05, 0.1) is 17.9 Å². The number of pyridine rings is 1. The van der Waals surface area contributed by atoms with Gasteiger partial charge in [0.15, 0.2) is 5.82 Å². The van der Waals surface area contributed by atoms with Crippen molar-refractivity contribution in [1.29, 1.82) is 0 Å². The van der Waals surface area contributed by atoms with Gasteiger partial charge in [-0.15, -0.1) is 0 Å². The Morgan fingerprint density at radius 3 is 2.24 bits per heavy atom. The van der Waals surface area contributed by atoms with E-state index in [0.29, 0.717) is 0 Å². The average Bonchev–Trinajstić information content (AvgIpc) is 2.41. The number of rotatable bonds is 3. The van der Waals surface area contributed by atoms with Crippen molar-refractivity contribution in [3.63, 3.8) is 0 Å². The van der Waals surface area contributed by atoms with Crippen LogP contribution < -0.4 is 10.2 Å². The highest BCUT2D eigenvalue weighted by atomic mass is 19.1. The molecule has 0 saturated heterocycles. The van der Waals surface area contributed by atoms with Gasteiger partial charge in [0.25, 0.3) is 0 Å². The standard InChI is InChI=1S/C17H26FN3O4/c1-16(2,3)24-14(22)20-10-11-13(18)12(8-9-19-11)21(7)15(23)25-17(4,5)6/h8-9H,10H2,1-7H3,(H,20,22). The van der Waals surface area contributed by atoms with Crippen molar-refractivity contribution in [2.45, 2.75) is 59.3 Å². The zero-order valence-electron chi connectivity index (χ0n) is 15.8. The van der Waals surface area contributed by atoms with E-state index in [1.54, 1.807) is 41.5 Å². The van der Waals surface area contributed by atoms with Gasteiger partial charge in [-0.3, -0.25) is 9.88 Å². The molecule has 1 N–H and O–H groups in total. The van der Waals surface area contributed by atoms with E-state index in [4.69, 9.17) is 9.47 Å². The summed E-state index contributed by atoms with van der Waals surface area (Å²) in [5, 5.41) is 2.43. The fourth-order valence-corrected chi connectivity index (χ4v) is 1.76. The number of carbonyl (C=O) groups is 2. The number of hydrogen-bond acceptors (Lipinski definition) is 5. The largest absolute Gasteiger partial charge is 0.444 e. The van der Waals surface area contributed by atoms with E-state index in [9.17, 15) is 14.0 Å². The van der Waals surface area contributed by atoms with Gasteiger partial charge in [0.2, 0.25) is 0 Å². The number of anilines is 1. The molecule has 2 amide bonds. The van der Waals surface area contributed by atoms with Crippen molar-refractivity contribution >= 4 is 17.9 Å². The second kappa shape index (κ2) is 7.67. The molecule has 8 heteroatoms. The summed E-state index contributed by atoms with van der Waals surface area (Å²) >= 11 is 0. The van der Waals surface area contributed by atoms with Gasteiger partial charge >= 0.3 is 12.2 Å². The van der Waals surface area contributed by atoms with E-state index >= 15 is 0 Å². The first-order valence-corrected chi connectivity index (χ1v) is 7.87. The second-order valence-corrected chi connectivity index (χ2v) is 7.49. The van der Waals surface area contributed by atoms with Crippen LogP contribution in [0.4, 0.5) is 19.7 Å². The fourth-order valence-electron chi connectivity index (χ4n) is 1.76. The second-order valence-electron chi connectivity index (χ2n) is 7.49. The number of nitrogens with zero attached hydrogens (tertiary/aromatic N) is 2. The molecular formula is C17H26FN3O4. The predicted octanol–water partition coefficient (Wildman–Crippen LogP) is 3.62. The number of ether oxygens (including phenoxy) is 2. The molecule has 140 valence electrons. The van der Waals surface area contributed by atoms with E-state index in [1.165, 1.54) is 19.3 Å². The van der Waals surface area contributed by atoms with E-state index < -0.39 is 29.2 Å². The summed E-state index contributed by atoms with van der Waals surface area (Å²) in [5.74, 6) is -0.716. The molecule has 0 unspecified atom stereocenters. The molecule has 7 nitrogen and oxygen atoms in total. The van der Waals surface area contributed by atoms with Crippen LogP contribution in [0.15, 0.2) is 12.3 Å². The van der Waals surface area contributed by atoms with Gasteiger partial charge in [-0.1, -0.05) is 0 Å². The Kier molecular flexibility index (Phi) is 6.34. The van der Waals surface area contributed by atoms with Crippen molar-refractivity contribution in [2.75, 3.05) is 11.9 Å². The van der Waals surface area contributed by atoms with Gasteiger partial charge in [0, 0.05) is 13.2 Å². The Morgan fingerprint density at radius 1 is 1.16 bits per heavy atom. The van der Waals surface area contributed by atoms with E-state index in [0.717, 1.165) is 4.90 Å². The van der Waals surface area contributed by atoms with Crippen LogP contribution in [0.3, 0.4) is 0 Å². The number of aromatic nitrogens is 1. The van der Waals surface area contributed by atoms with Gasteiger partial charge in [-0.05, 0) is 47.6 Å². The topological polar surface area (TPSA) is 80.8 Å². The molecule has 0 radical (unpaired) electrons. The van der Waals surface area contributed by atoms with Gasteiger partial charge in [-0.2, -0.15) is 0 Å². The van der Waals surface area contributed by atoms with Crippen LogP contribution in [0.1, 0.15) is 47.2 Å². The third kappa shape index (κ3) is 6.94. The SMILES string of the molecule is CN(C(=O)OC(C)(C)C)c1ccnc(CNC(=O)OC(C)(C)C)c1F. The molecule has 0 aliphatic carbocycles. The van der Waals surface area contributed by atoms with Crippen LogP contribution in [-0.4, -0.2) is 35.4 Å². The van der Waals surface area contributed by atoms with Crippen LogP contribution in [0, 0.1) is 5.82 Å². The Balaban J connectivity index is 2.85. The summed E-state index contributed by atoms with van der Waals surface area (Å²) in [6, 6.07) is 1.36. The van der Waals surface area contributed by atoms with Crippen LogP contribution in [0.25, 0.3) is 0 Å². The van der Waals surface area contributed by atoms with Gasteiger partial charge in [-0.25, -0.2) is 14.0 Å². The Hall–Kier alpha value is -2.38. The maximum Gasteiger partial charge on any atom is 0.414 e. The molecule has 0 spiro atoms. The lowest BCUT2D eigenvalue weighted by molar-refractivity contribution is 0.0520. The first kappa shape index (κ1) is 20.7. The molecule has 1 aromatic rings. The smallest absolute Gasteiger partial charge is 0.414 e. The molecular weight excluding hydrogens is 329 g/mol. The average molecular weight is 355 g/mol. The summed E-state index contributed by atoms with van der Waals surface area (Å²) in [7, 11) is 1.40. The van der Waals surface area contributed by atoms with Gasteiger partial charge in [0.1, 0.15) is 11.2 Å². The summed E-state index contributed by atoms with van der Waals surface area (Å²) in [6.45, 7) is 10.2. The molecule has 0 saturated carbocycles. The summed E-state index contributed by atoms with van der Waals surface area (Å²) in [4.78, 5) is 28.7. The summed E-state index contributed by atoms with van der Waals surface area (Å²) in [6.07, 6.45) is -0.0194. The van der Waals surface area contributed by atoms with Crippen LogP contribution >= 0.6 is 0 Å². The van der Waals surface area contributed by atoms with Crippen LogP contribution in [0.5, 0.6) is 0 Å². The Bertz CT molecular complexity index is 636. The van der Waals surface area contributed by atoms with Gasteiger partial charge < -0.3 is 14.8 Å². The quantitative estimate of drug-likeness (QED) is 0.896. The lowest BCUT2D eigenvalue weighted by Gasteiger charge is -2.25. The maximum atomic E-state index is 14.6. The van der Waals surface area contributed by atoms with E-state index in [-0.39, 0.29) is 17.9 Å². The lowest BCUT2D eigenvalue weighted by atomic mass is 10.2. The minimum absolute atomic E-state index is 0.00485. The summed E-state index contributed by atoms with van der Waals surface area (Å²) < 4.78 is 24.9. The first-order valence-electron chi connectivity index (χ1n) is 7.87. The molecule has 1 rings (SSSR count). The third-order valence-electron chi connectivity index (χ3n) is 2.77. The minimum atomic E-state index is -0.716. The molecule has 0 aliphatic rings. The predicted molar refractivity (Wildman–Crippen MR) is 91.9 cm³/mol. The third-order valence-corrected chi connectivity index (χ3v) is 2.77. The maximum absolute atomic E-state index is 14.6. The van der Waals surface area contributed by atoms with Crippen molar-refractivity contribution < 1.29 is 23.5 Å². The van der Waals surface area contributed by atoms with Crippen molar-refractivity contribution in [1.82, 2.24) is 10.3 Å². The van der Waals surface area contributed by atoms with Crippen molar-refractivity contribution in [2.24, 2.45) is 0 Å². The monoisotopic (exact) mass is 355 g/mol. The zero-order valence-corrected chi connectivity index (χ0v) is 15.8. The molecule has 0 atom stereocenters. The number of alkyl carbamates (subject to hydrolysis) is 1. The van der Waals surface area contributed by atoms with E-state index in [1.807, 2.05) is 0 Å². The molecule has 0 bridgehead atoms. The minimum Gasteiger partial charge on any atom is -0.444 e. The molecule has 0 aliphatic heterocycles. The number of nitrogens with one attached hydrogen (secondary N) is 1. The molecule has 1 heterocycles. The van der Waals surface area contributed by atoms with Crippen LogP contribution in [0.2, 0.25) is 0 Å². The highest BCUT2D eigenvalue weighted by Gasteiger charge is 2.24. The summed E-state index contributed by atoms with van der Waals surface area (Å²) in [5.41, 5.74) is -1.37. The Morgan fingerprint density at radius 2 is 1.72 bits per heavy atom. The van der Waals surface area contributed by atoms with Crippen molar-refractivity contribution in [3.8, 4) is 0 Å². The molecule has 1 aromatic heterocycles. The fraction of sp³-hybridized carbons (Fsp3) is 0.588. The number of hydrogen-bond donors (Lipinski definition) is 1.